The lowest BCUT2D eigenvalue weighted by Crippen LogP contribution is -2.36. The molecule has 0 spiro atoms. The third-order valence-corrected chi connectivity index (χ3v) is 4.38. The first-order valence-electron chi connectivity index (χ1n) is 5.71. The molecule has 0 radical (unpaired) electrons. The monoisotopic (exact) mass is 337 g/mol. The first-order chi connectivity index (χ1) is 9.57. The molecule has 10 heteroatoms. The van der Waals surface area contributed by atoms with Crippen molar-refractivity contribution >= 4 is 14.4 Å². The smallest absolute Gasteiger partial charge is 0.351 e. The van der Waals surface area contributed by atoms with E-state index in [-0.39, 0.29) is 15.3 Å². The second kappa shape index (κ2) is 5.26. The van der Waals surface area contributed by atoms with E-state index in [1.54, 1.807) is 0 Å². The van der Waals surface area contributed by atoms with Crippen molar-refractivity contribution in [1.82, 2.24) is 0 Å². The third kappa shape index (κ3) is 2.67. The predicted octanol–water partition coefficient (Wildman–Crippen LogP) is 4.56. The van der Waals surface area contributed by atoms with Crippen molar-refractivity contribution in [1.29, 1.82) is 0 Å². The van der Waals surface area contributed by atoms with Gasteiger partial charge in [0.15, 0.2) is 17.5 Å². The molecule has 1 aliphatic rings. The van der Waals surface area contributed by atoms with Gasteiger partial charge in [0.2, 0.25) is 0 Å². The molecule has 0 saturated carbocycles. The van der Waals surface area contributed by atoms with Crippen molar-refractivity contribution in [3.05, 3.63) is 29.1 Å². The van der Waals surface area contributed by atoms with Crippen LogP contribution in [0.25, 0.3) is 0 Å². The van der Waals surface area contributed by atoms with Gasteiger partial charge in [0.1, 0.15) is 5.56 Å². The Hall–Kier alpha value is -1.11. The summed E-state index contributed by atoms with van der Waals surface area (Å²) in [5.74, 6) is -12.4. The van der Waals surface area contributed by atoms with E-state index in [0.717, 1.165) is 4.67 Å². The van der Waals surface area contributed by atoms with Crippen LogP contribution in [0.4, 0.5) is 40.8 Å². The quantitative estimate of drug-likeness (QED) is 0.434. The van der Waals surface area contributed by atoms with Crippen LogP contribution in [0.5, 0.6) is 0 Å². The number of anilines is 1. The van der Waals surface area contributed by atoms with E-state index >= 15 is 0 Å². The maximum atomic E-state index is 14.0. The number of rotatable bonds is 2. The van der Waals surface area contributed by atoms with Crippen molar-refractivity contribution in [2.45, 2.75) is 18.5 Å². The molecule has 1 nitrogen and oxygen atoms in total. The highest BCUT2D eigenvalue weighted by Gasteiger charge is 2.62. The van der Waals surface area contributed by atoms with Crippen LogP contribution in [0, 0.1) is 17.5 Å². The van der Waals surface area contributed by atoms with Crippen molar-refractivity contribution in [2.24, 2.45) is 0 Å². The molecular weight excluding hydrogens is 329 g/mol. The van der Waals surface area contributed by atoms with Gasteiger partial charge < -0.3 is 4.67 Å². The fraction of sp³-hybridized carbons (Fsp3) is 0.455. The number of nitrogens with zero attached hydrogens (tertiary/aromatic N) is 1. The Kier molecular flexibility index (Phi) is 4.08. The molecule has 1 atom stereocenters. The Morgan fingerprint density at radius 2 is 1.62 bits per heavy atom. The standard InChI is InChI=1S/C11H8F8NP/c12-5-4-6(20-2-1-3-21-20)9(14)7(8(5)13)10(15,16)11(17,18)19/h4,21H,1-3H2. The molecule has 21 heavy (non-hydrogen) atoms. The fourth-order valence-corrected chi connectivity index (χ4v) is 3.18. The van der Waals surface area contributed by atoms with Gasteiger partial charge in [-0.05, 0) is 21.3 Å². The molecule has 2 rings (SSSR count). The maximum Gasteiger partial charge on any atom is 0.458 e. The van der Waals surface area contributed by atoms with Gasteiger partial charge in [0, 0.05) is 12.6 Å². The Morgan fingerprint density at radius 1 is 1.00 bits per heavy atom. The zero-order chi connectivity index (χ0) is 16.0. The van der Waals surface area contributed by atoms with E-state index in [2.05, 4.69) is 0 Å². The van der Waals surface area contributed by atoms with Gasteiger partial charge in [-0.15, -0.1) is 0 Å². The molecule has 0 N–H and O–H groups in total. The minimum absolute atomic E-state index is 0.0888. The summed E-state index contributed by atoms with van der Waals surface area (Å²) in [6.07, 6.45) is -5.10. The summed E-state index contributed by atoms with van der Waals surface area (Å²) in [6, 6.07) is 0.305. The Balaban J connectivity index is 2.65. The highest BCUT2D eigenvalue weighted by molar-refractivity contribution is 7.40. The number of halogens is 8. The summed E-state index contributed by atoms with van der Waals surface area (Å²) in [6.45, 7) is 0.178. The van der Waals surface area contributed by atoms with Crippen LogP contribution in [-0.2, 0) is 5.92 Å². The van der Waals surface area contributed by atoms with Gasteiger partial charge in [-0.3, -0.25) is 0 Å². The molecule has 1 saturated heterocycles. The van der Waals surface area contributed by atoms with E-state index in [1.807, 2.05) is 0 Å². The summed E-state index contributed by atoms with van der Waals surface area (Å²) in [5, 5.41) is 0. The van der Waals surface area contributed by atoms with Crippen LogP contribution < -0.4 is 4.67 Å². The van der Waals surface area contributed by atoms with Crippen molar-refractivity contribution in [3.8, 4) is 0 Å². The Bertz CT molecular complexity index is 550. The maximum absolute atomic E-state index is 14.0. The van der Waals surface area contributed by atoms with Crippen LogP contribution in [0.3, 0.4) is 0 Å². The van der Waals surface area contributed by atoms with E-state index in [9.17, 15) is 35.1 Å². The minimum Gasteiger partial charge on any atom is -0.351 e. The second-order valence-electron chi connectivity index (χ2n) is 4.37. The fourth-order valence-electron chi connectivity index (χ4n) is 1.94. The molecule has 1 aromatic carbocycles. The zero-order valence-electron chi connectivity index (χ0n) is 10.2. The third-order valence-electron chi connectivity index (χ3n) is 2.96. The molecule has 1 aliphatic heterocycles. The van der Waals surface area contributed by atoms with Crippen LogP contribution in [0.2, 0.25) is 0 Å². The molecule has 1 aromatic rings. The lowest BCUT2D eigenvalue weighted by molar-refractivity contribution is -0.291. The van der Waals surface area contributed by atoms with Gasteiger partial charge in [0.25, 0.3) is 0 Å². The molecule has 0 bridgehead atoms. The lowest BCUT2D eigenvalue weighted by Gasteiger charge is -2.25. The molecule has 0 amide bonds. The highest BCUT2D eigenvalue weighted by Crippen LogP contribution is 2.48. The summed E-state index contributed by atoms with van der Waals surface area (Å²) in [4.78, 5) is 0. The van der Waals surface area contributed by atoms with Gasteiger partial charge >= 0.3 is 12.1 Å². The number of alkyl halides is 5. The summed E-state index contributed by atoms with van der Waals surface area (Å²) < 4.78 is 105. The molecule has 0 aromatic heterocycles. The first-order valence-corrected chi connectivity index (χ1v) is 6.86. The average Bonchev–Trinajstić information content (AvgIpc) is 2.85. The molecule has 1 unspecified atom stereocenters. The number of benzene rings is 1. The van der Waals surface area contributed by atoms with E-state index in [0.29, 0.717) is 18.6 Å². The predicted molar refractivity (Wildman–Crippen MR) is 61.4 cm³/mol. The summed E-state index contributed by atoms with van der Waals surface area (Å²) in [7, 11) is -0.0888. The minimum atomic E-state index is -6.23. The van der Waals surface area contributed by atoms with Gasteiger partial charge in [0.05, 0.1) is 5.69 Å². The van der Waals surface area contributed by atoms with Crippen LogP contribution in [-0.4, -0.2) is 18.9 Å². The molecular formula is C11H8F8NP. The van der Waals surface area contributed by atoms with E-state index in [4.69, 9.17) is 0 Å². The van der Waals surface area contributed by atoms with Crippen molar-refractivity contribution in [3.63, 3.8) is 0 Å². The van der Waals surface area contributed by atoms with Crippen LogP contribution in [0.15, 0.2) is 6.07 Å². The second-order valence-corrected chi connectivity index (χ2v) is 5.72. The van der Waals surface area contributed by atoms with Gasteiger partial charge in [-0.25, -0.2) is 13.2 Å². The zero-order valence-corrected chi connectivity index (χ0v) is 11.2. The first kappa shape index (κ1) is 16.3. The topological polar surface area (TPSA) is 3.24 Å². The van der Waals surface area contributed by atoms with Crippen LogP contribution >= 0.6 is 8.73 Å². The van der Waals surface area contributed by atoms with E-state index in [1.165, 1.54) is 0 Å². The highest BCUT2D eigenvalue weighted by atomic mass is 31.1. The Morgan fingerprint density at radius 3 is 2.10 bits per heavy atom. The van der Waals surface area contributed by atoms with Gasteiger partial charge in [-0.1, -0.05) is 0 Å². The van der Waals surface area contributed by atoms with E-state index < -0.39 is 40.8 Å². The molecule has 1 heterocycles. The molecule has 118 valence electrons. The largest absolute Gasteiger partial charge is 0.458 e. The number of hydrogen-bond acceptors (Lipinski definition) is 1. The van der Waals surface area contributed by atoms with Crippen molar-refractivity contribution in [2.75, 3.05) is 17.4 Å². The normalized spacial score (nSPS) is 17.8. The lowest BCUT2D eigenvalue weighted by atomic mass is 10.0. The molecule has 0 aliphatic carbocycles. The van der Waals surface area contributed by atoms with Crippen LogP contribution in [0.1, 0.15) is 12.0 Å². The number of hydrogen-bond donors (Lipinski definition) is 0. The average molecular weight is 337 g/mol. The Labute approximate surface area is 115 Å². The molecule has 1 fully saturated rings. The van der Waals surface area contributed by atoms with Crippen molar-refractivity contribution < 1.29 is 35.1 Å². The van der Waals surface area contributed by atoms with Gasteiger partial charge in [-0.2, -0.15) is 22.0 Å². The summed E-state index contributed by atoms with van der Waals surface area (Å²) >= 11 is 0. The summed E-state index contributed by atoms with van der Waals surface area (Å²) in [5.41, 5.74) is -3.37. The SMILES string of the molecule is Fc1cc(N2CCCP2)c(F)c(C(F)(F)C(F)(F)F)c1F.